The minimum absolute atomic E-state index is 0.672. The van der Waals surface area contributed by atoms with E-state index in [0.717, 1.165) is 28.4 Å². The Balaban J connectivity index is 1.81. The molecule has 92 valence electrons. The van der Waals surface area contributed by atoms with Crippen molar-refractivity contribution in [3.63, 3.8) is 0 Å². The molecule has 0 radical (unpaired) electrons. The minimum atomic E-state index is 0.672. The van der Waals surface area contributed by atoms with Gasteiger partial charge in [-0.05, 0) is 24.3 Å². The third kappa shape index (κ3) is 1.88. The molecule has 6 heteroatoms. The van der Waals surface area contributed by atoms with Crippen LogP contribution in [0.5, 0.6) is 0 Å². The maximum Gasteiger partial charge on any atom is 0.201 e. The van der Waals surface area contributed by atoms with Crippen LogP contribution < -0.4 is 11.1 Å². The summed E-state index contributed by atoms with van der Waals surface area (Å²) in [5.41, 5.74) is 9.38. The molecule has 3 rings (SSSR count). The average Bonchev–Trinajstić information content (AvgIpc) is 2.92. The highest BCUT2D eigenvalue weighted by Gasteiger charge is 2.03. The van der Waals surface area contributed by atoms with Gasteiger partial charge in [0.1, 0.15) is 0 Å². The molecule has 6 nitrogen and oxygen atoms in total. The number of rotatable bonds is 3. The summed E-state index contributed by atoms with van der Waals surface area (Å²) in [5, 5.41) is 7.34. The molecule has 0 bridgehead atoms. The van der Waals surface area contributed by atoms with Crippen LogP contribution in [0.4, 0.5) is 11.6 Å². The van der Waals surface area contributed by atoms with Crippen LogP contribution in [0.2, 0.25) is 0 Å². The van der Waals surface area contributed by atoms with Crippen LogP contribution in [0, 0.1) is 0 Å². The summed E-state index contributed by atoms with van der Waals surface area (Å²) in [6.45, 7) is 0.672. The summed E-state index contributed by atoms with van der Waals surface area (Å²) in [5.74, 6) is 0.733. The second-order valence-electron chi connectivity index (χ2n) is 4.16. The second-order valence-corrected chi connectivity index (χ2v) is 4.16. The van der Waals surface area contributed by atoms with E-state index in [1.54, 1.807) is 6.20 Å². The van der Waals surface area contributed by atoms with E-state index in [1.165, 1.54) is 0 Å². The van der Waals surface area contributed by atoms with Gasteiger partial charge in [0.15, 0.2) is 0 Å². The van der Waals surface area contributed by atoms with Gasteiger partial charge in [0.05, 0.1) is 23.3 Å². The molecule has 0 fully saturated rings. The fourth-order valence-corrected chi connectivity index (χ4v) is 1.86. The number of aryl methyl sites for hydroxylation is 1. The molecule has 2 aromatic heterocycles. The van der Waals surface area contributed by atoms with Crippen molar-refractivity contribution in [2.24, 2.45) is 7.05 Å². The maximum absolute atomic E-state index is 5.72. The van der Waals surface area contributed by atoms with Crippen molar-refractivity contribution in [3.05, 3.63) is 36.2 Å². The normalized spacial score (nSPS) is 10.9. The maximum atomic E-state index is 5.72. The number of nitrogens with two attached hydrogens (primary N) is 1. The first-order valence-electron chi connectivity index (χ1n) is 5.68. The van der Waals surface area contributed by atoms with Crippen molar-refractivity contribution in [3.8, 4) is 0 Å². The van der Waals surface area contributed by atoms with E-state index in [4.69, 9.17) is 5.73 Å². The zero-order valence-electron chi connectivity index (χ0n) is 10.0. The largest absolute Gasteiger partial charge is 0.399 e. The van der Waals surface area contributed by atoms with Gasteiger partial charge in [0.25, 0.3) is 0 Å². The van der Waals surface area contributed by atoms with Crippen molar-refractivity contribution in [1.82, 2.24) is 19.7 Å². The van der Waals surface area contributed by atoms with Gasteiger partial charge in [-0.2, -0.15) is 5.10 Å². The molecule has 0 aliphatic carbocycles. The fraction of sp³-hybridized carbons (Fsp3) is 0.167. The Hall–Kier alpha value is -2.50. The lowest BCUT2D eigenvalue weighted by molar-refractivity contribution is 0.719. The lowest BCUT2D eigenvalue weighted by Gasteiger charge is -2.02. The summed E-state index contributed by atoms with van der Waals surface area (Å²) in [4.78, 5) is 7.62. The van der Waals surface area contributed by atoms with E-state index >= 15 is 0 Å². The zero-order chi connectivity index (χ0) is 12.5. The monoisotopic (exact) mass is 242 g/mol. The van der Waals surface area contributed by atoms with Crippen molar-refractivity contribution in [2.75, 3.05) is 11.1 Å². The number of anilines is 2. The summed E-state index contributed by atoms with van der Waals surface area (Å²) >= 11 is 0. The Morgan fingerprint density at radius 1 is 1.39 bits per heavy atom. The van der Waals surface area contributed by atoms with E-state index in [2.05, 4.69) is 20.4 Å². The summed E-state index contributed by atoms with van der Waals surface area (Å²) < 4.78 is 1.83. The number of nitrogens with one attached hydrogen (secondary N) is 2. The number of H-pyrrole nitrogens is 1. The van der Waals surface area contributed by atoms with Crippen molar-refractivity contribution < 1.29 is 0 Å². The number of hydrogen-bond acceptors (Lipinski definition) is 4. The highest BCUT2D eigenvalue weighted by molar-refractivity contribution is 5.80. The Morgan fingerprint density at radius 2 is 2.28 bits per heavy atom. The number of fused-ring (bicyclic) bond motifs is 1. The number of aromatic nitrogens is 4. The molecule has 18 heavy (non-hydrogen) atoms. The van der Waals surface area contributed by atoms with E-state index in [0.29, 0.717) is 6.54 Å². The molecule has 0 aliphatic heterocycles. The highest BCUT2D eigenvalue weighted by atomic mass is 15.3. The predicted molar refractivity (Wildman–Crippen MR) is 71.0 cm³/mol. The Labute approximate surface area is 104 Å². The molecular weight excluding hydrogens is 228 g/mol. The first kappa shape index (κ1) is 10.6. The van der Waals surface area contributed by atoms with Crippen molar-refractivity contribution in [2.45, 2.75) is 6.54 Å². The number of nitrogens with zero attached hydrogens (tertiary/aromatic N) is 3. The summed E-state index contributed by atoms with van der Waals surface area (Å²) in [7, 11) is 1.91. The van der Waals surface area contributed by atoms with Gasteiger partial charge < -0.3 is 16.0 Å². The molecule has 2 heterocycles. The molecule has 3 aromatic rings. The van der Waals surface area contributed by atoms with Crippen LogP contribution in [0.15, 0.2) is 30.5 Å². The van der Waals surface area contributed by atoms with Gasteiger partial charge in [-0.15, -0.1) is 0 Å². The lowest BCUT2D eigenvalue weighted by Crippen LogP contribution is -2.06. The van der Waals surface area contributed by atoms with Crippen LogP contribution in [0.3, 0.4) is 0 Å². The quantitative estimate of drug-likeness (QED) is 0.607. The van der Waals surface area contributed by atoms with Crippen LogP contribution in [0.1, 0.15) is 5.69 Å². The number of imidazole rings is 1. The molecule has 0 saturated heterocycles. The van der Waals surface area contributed by atoms with Gasteiger partial charge in [-0.1, -0.05) is 0 Å². The standard InChI is InChI=1S/C12H14N6/c1-18-9(4-5-15-18)7-14-12-16-10-3-2-8(13)6-11(10)17-12/h2-6H,7,13H2,1H3,(H2,14,16,17). The predicted octanol–water partition coefficient (Wildman–Crippen LogP) is 1.49. The molecule has 0 unspecified atom stereocenters. The third-order valence-corrected chi connectivity index (χ3v) is 2.87. The Morgan fingerprint density at radius 3 is 3.06 bits per heavy atom. The Bertz CT molecular complexity index is 681. The van der Waals surface area contributed by atoms with Crippen LogP contribution in [0.25, 0.3) is 11.0 Å². The minimum Gasteiger partial charge on any atom is -0.399 e. The second kappa shape index (κ2) is 4.06. The highest BCUT2D eigenvalue weighted by Crippen LogP contribution is 2.17. The van der Waals surface area contributed by atoms with Crippen molar-refractivity contribution >= 4 is 22.7 Å². The van der Waals surface area contributed by atoms with Gasteiger partial charge in [-0.3, -0.25) is 4.68 Å². The molecule has 0 saturated carbocycles. The van der Waals surface area contributed by atoms with E-state index in [1.807, 2.05) is 36.0 Å². The van der Waals surface area contributed by atoms with Gasteiger partial charge >= 0.3 is 0 Å². The SMILES string of the molecule is Cn1nccc1CNc1nc2ccc(N)cc2[nH]1. The van der Waals surface area contributed by atoms with Gasteiger partial charge in [0, 0.05) is 18.9 Å². The molecule has 4 N–H and O–H groups in total. The van der Waals surface area contributed by atoms with Gasteiger partial charge in [0.2, 0.25) is 5.95 Å². The number of nitrogen functional groups attached to an aromatic ring is 1. The summed E-state index contributed by atoms with van der Waals surface area (Å²) in [6, 6.07) is 7.58. The fourth-order valence-electron chi connectivity index (χ4n) is 1.86. The van der Waals surface area contributed by atoms with Crippen LogP contribution in [-0.4, -0.2) is 19.7 Å². The molecule has 1 aromatic carbocycles. The zero-order valence-corrected chi connectivity index (χ0v) is 10.0. The smallest absolute Gasteiger partial charge is 0.201 e. The first-order valence-corrected chi connectivity index (χ1v) is 5.68. The van der Waals surface area contributed by atoms with E-state index < -0.39 is 0 Å². The van der Waals surface area contributed by atoms with Crippen molar-refractivity contribution in [1.29, 1.82) is 0 Å². The third-order valence-electron chi connectivity index (χ3n) is 2.87. The lowest BCUT2D eigenvalue weighted by atomic mass is 10.3. The van der Waals surface area contributed by atoms with Gasteiger partial charge in [-0.25, -0.2) is 4.98 Å². The van der Waals surface area contributed by atoms with Crippen LogP contribution >= 0.6 is 0 Å². The number of aromatic amines is 1. The molecular formula is C12H14N6. The average molecular weight is 242 g/mol. The topological polar surface area (TPSA) is 84.6 Å². The van der Waals surface area contributed by atoms with E-state index in [9.17, 15) is 0 Å². The summed E-state index contributed by atoms with van der Waals surface area (Å²) in [6.07, 6.45) is 1.77. The van der Waals surface area contributed by atoms with Crippen LogP contribution in [-0.2, 0) is 13.6 Å². The molecule has 0 aliphatic rings. The van der Waals surface area contributed by atoms with E-state index in [-0.39, 0.29) is 0 Å². The molecule has 0 amide bonds. The first-order chi connectivity index (χ1) is 8.72. The number of hydrogen-bond donors (Lipinski definition) is 3. The molecule has 0 spiro atoms. The number of benzene rings is 1. The Kier molecular flexibility index (Phi) is 2.40. The molecule has 0 atom stereocenters.